The molecule has 1 aromatic rings. The van der Waals surface area contributed by atoms with Crippen LogP contribution in [0.25, 0.3) is 0 Å². The first-order valence-electron chi connectivity index (χ1n) is 7.51. The maximum absolute atomic E-state index is 12.0. The van der Waals surface area contributed by atoms with Crippen LogP contribution in [-0.2, 0) is 4.79 Å². The maximum atomic E-state index is 12.0. The van der Waals surface area contributed by atoms with Crippen LogP contribution in [0.15, 0.2) is 24.3 Å². The van der Waals surface area contributed by atoms with Crippen LogP contribution in [0.3, 0.4) is 0 Å². The van der Waals surface area contributed by atoms with Gasteiger partial charge in [0, 0.05) is 6.07 Å². The van der Waals surface area contributed by atoms with E-state index in [2.05, 4.69) is 10.6 Å². The zero-order chi connectivity index (χ0) is 15.1. The Morgan fingerprint density at radius 1 is 1.41 bits per heavy atom. The average Bonchev–Trinajstić information content (AvgIpc) is 2.53. The highest BCUT2D eigenvalue weighted by molar-refractivity contribution is 5.85. The lowest BCUT2D eigenvalue weighted by molar-refractivity contribution is -0.124. The summed E-state index contributed by atoms with van der Waals surface area (Å²) in [4.78, 5) is 12.0. The van der Waals surface area contributed by atoms with E-state index in [4.69, 9.17) is 9.47 Å². The van der Waals surface area contributed by atoms with Crippen molar-refractivity contribution in [2.75, 3.05) is 20.2 Å². The number of carbonyl (C=O) groups excluding carboxylic acids is 1. The largest absolute Gasteiger partial charge is 0.497 e. The van der Waals surface area contributed by atoms with Gasteiger partial charge < -0.3 is 20.1 Å². The highest BCUT2D eigenvalue weighted by atomic mass is 35.5. The summed E-state index contributed by atoms with van der Waals surface area (Å²) in [5, 5.41) is 6.18. The van der Waals surface area contributed by atoms with E-state index >= 15 is 0 Å². The predicted molar refractivity (Wildman–Crippen MR) is 89.0 cm³/mol. The molecule has 0 saturated carbocycles. The first-order valence-corrected chi connectivity index (χ1v) is 7.51. The number of hydrogen-bond acceptors (Lipinski definition) is 4. The van der Waals surface area contributed by atoms with Gasteiger partial charge in [0.2, 0.25) is 5.91 Å². The topological polar surface area (TPSA) is 59.6 Å². The summed E-state index contributed by atoms with van der Waals surface area (Å²) in [5.41, 5.74) is 0. The number of methoxy groups -OCH3 is 1. The molecule has 0 spiro atoms. The van der Waals surface area contributed by atoms with Crippen LogP contribution < -0.4 is 20.1 Å². The molecule has 1 fully saturated rings. The fourth-order valence-corrected chi connectivity index (χ4v) is 2.39. The molecule has 0 bridgehead atoms. The molecule has 1 aliphatic heterocycles. The van der Waals surface area contributed by atoms with Crippen molar-refractivity contribution in [1.82, 2.24) is 10.6 Å². The molecule has 1 saturated heterocycles. The van der Waals surface area contributed by atoms with Crippen LogP contribution >= 0.6 is 12.4 Å². The molecular weight excluding hydrogens is 304 g/mol. The Morgan fingerprint density at radius 2 is 2.18 bits per heavy atom. The Hall–Kier alpha value is -1.46. The van der Waals surface area contributed by atoms with Crippen LogP contribution in [0.1, 0.15) is 26.2 Å². The van der Waals surface area contributed by atoms with Crippen molar-refractivity contribution in [3.8, 4) is 11.5 Å². The summed E-state index contributed by atoms with van der Waals surface area (Å²) in [6.45, 7) is 3.36. The summed E-state index contributed by atoms with van der Waals surface area (Å²) >= 11 is 0. The molecule has 22 heavy (non-hydrogen) atoms. The summed E-state index contributed by atoms with van der Waals surface area (Å²) in [7, 11) is 1.62. The molecule has 1 aromatic carbocycles. The summed E-state index contributed by atoms with van der Waals surface area (Å²) in [5.74, 6) is 1.57. The summed E-state index contributed by atoms with van der Waals surface area (Å²) in [6, 6.07) is 7.41. The fourth-order valence-electron chi connectivity index (χ4n) is 2.39. The van der Waals surface area contributed by atoms with E-state index in [0.717, 1.165) is 37.3 Å². The molecule has 1 aliphatic rings. The zero-order valence-corrected chi connectivity index (χ0v) is 13.9. The van der Waals surface area contributed by atoms with Crippen molar-refractivity contribution in [3.63, 3.8) is 0 Å². The molecule has 2 rings (SSSR count). The third-order valence-corrected chi connectivity index (χ3v) is 3.57. The van der Waals surface area contributed by atoms with E-state index in [0.29, 0.717) is 6.54 Å². The Bertz CT molecular complexity index is 464. The highest BCUT2D eigenvalue weighted by Gasteiger charge is 2.20. The lowest BCUT2D eigenvalue weighted by Gasteiger charge is -2.23. The van der Waals surface area contributed by atoms with Gasteiger partial charge >= 0.3 is 0 Å². The Labute approximate surface area is 138 Å². The normalized spacial score (nSPS) is 18.7. The number of nitrogens with one attached hydrogen (secondary N) is 2. The van der Waals surface area contributed by atoms with Crippen LogP contribution in [0, 0.1) is 0 Å². The third-order valence-electron chi connectivity index (χ3n) is 3.57. The van der Waals surface area contributed by atoms with E-state index < -0.39 is 0 Å². The summed E-state index contributed by atoms with van der Waals surface area (Å²) in [6.07, 6.45) is 3.08. The van der Waals surface area contributed by atoms with Gasteiger partial charge in [-0.25, -0.2) is 0 Å². The van der Waals surface area contributed by atoms with Crippen molar-refractivity contribution in [2.45, 2.75) is 38.3 Å². The summed E-state index contributed by atoms with van der Waals surface area (Å²) < 4.78 is 10.9. The minimum absolute atomic E-state index is 0. The fraction of sp³-hybridized carbons (Fsp3) is 0.562. The Balaban J connectivity index is 0.00000242. The average molecular weight is 329 g/mol. The molecular formula is C16H25ClN2O3. The predicted octanol–water partition coefficient (Wildman–Crippen LogP) is 2.14. The highest BCUT2D eigenvalue weighted by Crippen LogP contribution is 2.19. The van der Waals surface area contributed by atoms with E-state index in [1.807, 2.05) is 31.2 Å². The van der Waals surface area contributed by atoms with Crippen molar-refractivity contribution in [3.05, 3.63) is 24.3 Å². The first kappa shape index (κ1) is 18.6. The van der Waals surface area contributed by atoms with Gasteiger partial charge in [-0.2, -0.15) is 0 Å². The minimum Gasteiger partial charge on any atom is -0.497 e. The molecule has 0 aliphatic carbocycles. The van der Waals surface area contributed by atoms with E-state index in [1.54, 1.807) is 7.11 Å². The smallest absolute Gasteiger partial charge is 0.237 e. The van der Waals surface area contributed by atoms with Gasteiger partial charge in [0.25, 0.3) is 0 Å². The molecule has 6 heteroatoms. The second kappa shape index (κ2) is 9.54. The standard InChI is InChI=1S/C16H24N2O3.ClH/c1-12(21-14-7-5-6-13(10-14)20-2)11-18-16(19)15-8-3-4-9-17-15;/h5-7,10,12,15,17H,3-4,8-9,11H2,1-2H3,(H,18,19);1H. The third kappa shape index (κ3) is 5.73. The van der Waals surface area contributed by atoms with Crippen molar-refractivity contribution in [1.29, 1.82) is 0 Å². The number of carbonyl (C=O) groups is 1. The number of amides is 1. The van der Waals surface area contributed by atoms with Crippen molar-refractivity contribution in [2.24, 2.45) is 0 Å². The van der Waals surface area contributed by atoms with Crippen molar-refractivity contribution >= 4 is 18.3 Å². The Kier molecular flexibility index (Phi) is 8.06. The molecule has 124 valence electrons. The van der Waals surface area contributed by atoms with Crippen LogP contribution in [0.4, 0.5) is 0 Å². The second-order valence-corrected chi connectivity index (χ2v) is 5.36. The lowest BCUT2D eigenvalue weighted by Crippen LogP contribution is -2.48. The number of benzene rings is 1. The number of piperidine rings is 1. The number of hydrogen-bond donors (Lipinski definition) is 2. The van der Waals surface area contributed by atoms with Gasteiger partial charge in [-0.1, -0.05) is 12.5 Å². The molecule has 0 radical (unpaired) electrons. The number of halogens is 1. The Morgan fingerprint density at radius 3 is 2.86 bits per heavy atom. The van der Waals surface area contributed by atoms with Gasteiger partial charge in [-0.05, 0) is 38.4 Å². The van der Waals surface area contributed by atoms with Gasteiger partial charge in [-0.3, -0.25) is 4.79 Å². The second-order valence-electron chi connectivity index (χ2n) is 5.36. The van der Waals surface area contributed by atoms with Crippen LogP contribution in [0.5, 0.6) is 11.5 Å². The lowest BCUT2D eigenvalue weighted by atomic mass is 10.0. The minimum atomic E-state index is -0.0929. The molecule has 5 nitrogen and oxygen atoms in total. The molecule has 1 heterocycles. The molecule has 2 unspecified atom stereocenters. The maximum Gasteiger partial charge on any atom is 0.237 e. The van der Waals surface area contributed by atoms with Gasteiger partial charge in [0.05, 0.1) is 19.7 Å². The molecule has 0 aromatic heterocycles. The monoisotopic (exact) mass is 328 g/mol. The van der Waals surface area contributed by atoms with Gasteiger partial charge in [0.1, 0.15) is 17.6 Å². The molecule has 2 atom stereocenters. The molecule has 2 N–H and O–H groups in total. The van der Waals surface area contributed by atoms with Gasteiger partial charge in [0.15, 0.2) is 0 Å². The first-order chi connectivity index (χ1) is 10.2. The van der Waals surface area contributed by atoms with E-state index in [-0.39, 0.29) is 30.5 Å². The van der Waals surface area contributed by atoms with Crippen molar-refractivity contribution < 1.29 is 14.3 Å². The number of ether oxygens (including phenoxy) is 2. The molecule has 1 amide bonds. The van der Waals surface area contributed by atoms with Crippen LogP contribution in [0.2, 0.25) is 0 Å². The van der Waals surface area contributed by atoms with E-state index in [1.165, 1.54) is 0 Å². The number of rotatable bonds is 6. The van der Waals surface area contributed by atoms with Crippen LogP contribution in [-0.4, -0.2) is 38.3 Å². The zero-order valence-electron chi connectivity index (χ0n) is 13.1. The SMILES string of the molecule is COc1cccc(OC(C)CNC(=O)C2CCCCN2)c1.Cl. The quantitative estimate of drug-likeness (QED) is 0.840. The van der Waals surface area contributed by atoms with Gasteiger partial charge in [-0.15, -0.1) is 12.4 Å². The van der Waals surface area contributed by atoms with E-state index in [9.17, 15) is 4.79 Å².